The summed E-state index contributed by atoms with van der Waals surface area (Å²) in [4.78, 5) is 18.5. The van der Waals surface area contributed by atoms with E-state index in [2.05, 4.69) is 14.5 Å². The van der Waals surface area contributed by atoms with Gasteiger partial charge in [0, 0.05) is 43.2 Å². The van der Waals surface area contributed by atoms with Crippen LogP contribution >= 0.6 is 11.6 Å². The number of aryl methyl sites for hydroxylation is 1. The van der Waals surface area contributed by atoms with Crippen LogP contribution in [0.5, 0.6) is 11.5 Å². The van der Waals surface area contributed by atoms with E-state index in [1.807, 2.05) is 31.2 Å². The number of anilines is 1. The van der Waals surface area contributed by atoms with Gasteiger partial charge < -0.3 is 19.5 Å². The molecule has 2 aromatic rings. The third kappa shape index (κ3) is 6.47. The van der Waals surface area contributed by atoms with Crippen LogP contribution in [0, 0.1) is 17.8 Å². The van der Waals surface area contributed by atoms with Crippen molar-refractivity contribution in [3.63, 3.8) is 0 Å². The number of amides is 1. The first-order valence-corrected chi connectivity index (χ1v) is 19.4. The second-order valence-electron chi connectivity index (χ2n) is 14.8. The highest BCUT2D eigenvalue weighted by Gasteiger charge is 2.44. The molecule has 9 nitrogen and oxygen atoms in total. The molecule has 2 fully saturated rings. The molecule has 11 heteroatoms. The van der Waals surface area contributed by atoms with Crippen LogP contribution < -0.4 is 14.4 Å². The average molecular weight is 686 g/mol. The van der Waals surface area contributed by atoms with Gasteiger partial charge in [0.2, 0.25) is 10.0 Å². The molecule has 1 spiro atoms. The number of nitrogens with one attached hydrogen (secondary N) is 1. The van der Waals surface area contributed by atoms with E-state index in [4.69, 9.17) is 21.1 Å². The van der Waals surface area contributed by atoms with Gasteiger partial charge in [-0.25, -0.2) is 13.1 Å². The second kappa shape index (κ2) is 13.1. The number of rotatable bonds is 1. The first kappa shape index (κ1) is 33.0. The van der Waals surface area contributed by atoms with E-state index in [1.54, 1.807) is 13.0 Å². The third-order valence-corrected chi connectivity index (χ3v) is 14.3. The number of halogens is 1. The summed E-state index contributed by atoms with van der Waals surface area (Å²) < 4.78 is 41.8. The molecular weight excluding hydrogens is 638 g/mol. The second-order valence-corrected chi connectivity index (χ2v) is 17.3. The van der Waals surface area contributed by atoms with Crippen molar-refractivity contribution in [1.29, 1.82) is 0 Å². The largest absolute Gasteiger partial charge is 0.506 e. The van der Waals surface area contributed by atoms with Gasteiger partial charge in [0.1, 0.15) is 11.5 Å². The predicted octanol–water partition coefficient (Wildman–Crippen LogP) is 5.51. The van der Waals surface area contributed by atoms with E-state index in [1.165, 1.54) is 6.42 Å². The minimum Gasteiger partial charge on any atom is -0.506 e. The standard InChI is InChI=1S/C36H48ClN3O6S/c1-23-16-29(39-12-14-45-15-13-39)9-7-25-5-6-28(25)20-40-21-36(11-3-4-26-17-31(37)33(41)19-30(26)36)22-46-34-10-8-27(18-32(34)40)35(42)38-47(43,44)24(23)2/h8,10,17-19,23-25,28-29,41H,3-7,9,11-16,20-22H2,1-2H3,(H,38,42)/t23-,24+,25+,28-,29+,36-/m0/s1. The summed E-state index contributed by atoms with van der Waals surface area (Å²) in [5, 5.41) is 10.3. The number of phenols is 1. The molecule has 2 aliphatic carbocycles. The summed E-state index contributed by atoms with van der Waals surface area (Å²) in [6, 6.07) is 9.28. The van der Waals surface area contributed by atoms with Crippen LogP contribution in [0.1, 0.15) is 80.3 Å². The molecule has 5 aliphatic rings. The van der Waals surface area contributed by atoms with E-state index in [9.17, 15) is 18.3 Å². The number of sulfonamides is 1. The van der Waals surface area contributed by atoms with Crippen molar-refractivity contribution >= 4 is 33.2 Å². The van der Waals surface area contributed by atoms with Gasteiger partial charge in [0.25, 0.3) is 5.91 Å². The van der Waals surface area contributed by atoms with E-state index in [0.717, 1.165) is 81.4 Å². The lowest BCUT2D eigenvalue weighted by molar-refractivity contribution is 0.00600. The van der Waals surface area contributed by atoms with Crippen molar-refractivity contribution < 1.29 is 27.8 Å². The number of nitrogens with zero attached hydrogens (tertiary/aromatic N) is 2. The topological polar surface area (TPSA) is 108 Å². The van der Waals surface area contributed by atoms with Crippen molar-refractivity contribution in [2.75, 3.05) is 50.9 Å². The van der Waals surface area contributed by atoms with Crippen LogP contribution in [0.2, 0.25) is 5.02 Å². The minimum atomic E-state index is -3.93. The molecular formula is C36H48ClN3O6S. The van der Waals surface area contributed by atoms with Gasteiger partial charge in [-0.15, -0.1) is 0 Å². The smallest absolute Gasteiger partial charge is 0.264 e. The van der Waals surface area contributed by atoms with Crippen LogP contribution in [-0.2, 0) is 26.6 Å². The summed E-state index contributed by atoms with van der Waals surface area (Å²) in [6.45, 7) is 8.79. The molecule has 256 valence electrons. The maximum Gasteiger partial charge on any atom is 0.264 e. The molecule has 0 radical (unpaired) electrons. The quantitative estimate of drug-likeness (QED) is 0.405. The van der Waals surface area contributed by atoms with Crippen LogP contribution in [0.25, 0.3) is 0 Å². The number of benzene rings is 2. The van der Waals surface area contributed by atoms with Crippen LogP contribution in [0.3, 0.4) is 0 Å². The Labute approximate surface area is 284 Å². The molecule has 2 bridgehead atoms. The first-order chi connectivity index (χ1) is 22.5. The predicted molar refractivity (Wildman–Crippen MR) is 183 cm³/mol. The highest BCUT2D eigenvalue weighted by Crippen LogP contribution is 2.48. The molecule has 1 saturated carbocycles. The van der Waals surface area contributed by atoms with E-state index in [0.29, 0.717) is 54.5 Å². The van der Waals surface area contributed by atoms with Crippen molar-refractivity contribution in [3.8, 4) is 11.5 Å². The lowest BCUT2D eigenvalue weighted by atomic mass is 9.68. The van der Waals surface area contributed by atoms with E-state index in [-0.39, 0.29) is 23.1 Å². The molecule has 3 aliphatic heterocycles. The zero-order valence-corrected chi connectivity index (χ0v) is 29.1. The summed E-state index contributed by atoms with van der Waals surface area (Å²) >= 11 is 6.36. The van der Waals surface area contributed by atoms with Gasteiger partial charge in [-0.1, -0.05) is 18.5 Å². The Balaban J connectivity index is 1.26. The van der Waals surface area contributed by atoms with Gasteiger partial charge in [-0.2, -0.15) is 0 Å². The van der Waals surface area contributed by atoms with Gasteiger partial charge in [-0.3, -0.25) is 9.69 Å². The Morgan fingerprint density at radius 2 is 1.81 bits per heavy atom. The highest BCUT2D eigenvalue weighted by molar-refractivity contribution is 7.90. The number of hydrogen-bond donors (Lipinski definition) is 2. The molecule has 6 atom stereocenters. The van der Waals surface area contributed by atoms with Crippen molar-refractivity contribution in [2.45, 2.75) is 81.9 Å². The molecule has 3 heterocycles. The van der Waals surface area contributed by atoms with E-state index >= 15 is 0 Å². The number of fused-ring (bicyclic) bond motifs is 4. The number of carbonyl (C=O) groups is 1. The zero-order valence-electron chi connectivity index (χ0n) is 27.5. The number of carbonyl (C=O) groups excluding carboxylic acids is 1. The number of hydrogen-bond acceptors (Lipinski definition) is 8. The summed E-state index contributed by atoms with van der Waals surface area (Å²) in [6.07, 6.45) is 8.03. The van der Waals surface area contributed by atoms with Crippen molar-refractivity contribution in [1.82, 2.24) is 9.62 Å². The monoisotopic (exact) mass is 685 g/mol. The SMILES string of the molecule is C[C@@H]1[C@@H](C)C[C@H](N2CCOCC2)CC[C@H]2CC[C@H]2CN2C[C@@]3(CCCc4cc(Cl)c(O)cc43)COc3ccc(cc32)C(=O)NS1(=O)=O. The number of phenolic OH excluding ortho intramolecular Hbond substituents is 1. The lowest BCUT2D eigenvalue weighted by Crippen LogP contribution is -2.49. The summed E-state index contributed by atoms with van der Waals surface area (Å²) in [5.41, 5.74) is 2.98. The fraction of sp³-hybridized carbons (Fsp3) is 0.639. The third-order valence-electron chi connectivity index (χ3n) is 12.0. The van der Waals surface area contributed by atoms with Gasteiger partial charge in [0.15, 0.2) is 0 Å². The lowest BCUT2D eigenvalue weighted by Gasteiger charge is -2.45. The Kier molecular flexibility index (Phi) is 9.17. The maximum absolute atomic E-state index is 13.6. The highest BCUT2D eigenvalue weighted by atomic mass is 35.5. The first-order valence-electron chi connectivity index (χ1n) is 17.4. The molecule has 2 aromatic carbocycles. The molecule has 2 N–H and O–H groups in total. The number of morpholine rings is 1. The fourth-order valence-corrected chi connectivity index (χ4v) is 10.3. The Morgan fingerprint density at radius 1 is 1.04 bits per heavy atom. The average Bonchev–Trinajstić information content (AvgIpc) is 3.19. The molecule has 1 saturated heterocycles. The summed E-state index contributed by atoms with van der Waals surface area (Å²) in [7, 11) is -3.93. The molecule has 7 rings (SSSR count). The number of ether oxygens (including phenoxy) is 2. The van der Waals surface area contributed by atoms with Crippen molar-refractivity contribution in [2.24, 2.45) is 17.8 Å². The maximum atomic E-state index is 13.6. The van der Waals surface area contributed by atoms with Gasteiger partial charge >= 0.3 is 0 Å². The Bertz CT molecular complexity index is 1610. The zero-order chi connectivity index (χ0) is 32.9. The van der Waals surface area contributed by atoms with Crippen LogP contribution in [0.15, 0.2) is 30.3 Å². The van der Waals surface area contributed by atoms with Gasteiger partial charge in [-0.05, 0) is 118 Å². The van der Waals surface area contributed by atoms with Crippen molar-refractivity contribution in [3.05, 3.63) is 52.0 Å². The Morgan fingerprint density at radius 3 is 2.57 bits per heavy atom. The molecule has 47 heavy (non-hydrogen) atoms. The van der Waals surface area contributed by atoms with E-state index < -0.39 is 21.2 Å². The normalized spacial score (nSPS) is 33.0. The molecule has 1 amide bonds. The minimum absolute atomic E-state index is 0.0824. The van der Waals surface area contributed by atoms with Crippen LogP contribution in [-0.4, -0.2) is 81.6 Å². The van der Waals surface area contributed by atoms with Gasteiger partial charge in [0.05, 0.1) is 35.8 Å². The summed E-state index contributed by atoms with van der Waals surface area (Å²) in [5.74, 6) is 1.12. The molecule has 0 unspecified atom stereocenters. The molecule has 0 aromatic heterocycles. The number of aromatic hydroxyl groups is 1. The fourth-order valence-electron chi connectivity index (χ4n) is 8.82. The van der Waals surface area contributed by atoms with Crippen LogP contribution in [0.4, 0.5) is 5.69 Å². The Hall–Kier alpha value is -2.53.